The number of furan rings is 1. The molecule has 3 heterocycles. The minimum absolute atomic E-state index is 0. The van der Waals surface area contributed by atoms with Gasteiger partial charge >= 0.3 is 0 Å². The second kappa shape index (κ2) is 16.2. The van der Waals surface area contributed by atoms with Crippen molar-refractivity contribution >= 4 is 35.2 Å². The van der Waals surface area contributed by atoms with E-state index in [1.165, 1.54) is 54.0 Å². The predicted octanol–water partition coefficient (Wildman–Crippen LogP) is 12.0. The van der Waals surface area contributed by atoms with Crippen molar-refractivity contribution in [1.82, 2.24) is 9.97 Å². The zero-order valence-electron chi connectivity index (χ0n) is 31.0. The van der Waals surface area contributed by atoms with Crippen LogP contribution in [0.2, 0.25) is 19.6 Å². The molecule has 1 aliphatic rings. The first-order valence-corrected chi connectivity index (χ1v) is 22.0. The Hall–Kier alpha value is -4.15. The van der Waals surface area contributed by atoms with E-state index in [0.29, 0.717) is 0 Å². The fourth-order valence-electron chi connectivity index (χ4n) is 7.33. The molecule has 267 valence electrons. The van der Waals surface area contributed by atoms with Crippen LogP contribution in [0.1, 0.15) is 62.6 Å². The topological polar surface area (TPSA) is 38.9 Å². The Balaban J connectivity index is 0.000000175. The molecule has 3 aromatic heterocycles. The average Bonchev–Trinajstić information content (AvgIpc) is 3.55. The Kier molecular flexibility index (Phi) is 11.7. The van der Waals surface area contributed by atoms with E-state index in [2.05, 4.69) is 147 Å². The number of pyridine rings is 2. The molecule has 8 rings (SSSR count). The van der Waals surface area contributed by atoms with Gasteiger partial charge in [0.15, 0.2) is 0 Å². The number of aromatic nitrogens is 2. The Labute approximate surface area is 324 Å². The van der Waals surface area contributed by atoms with Crippen LogP contribution < -0.4 is 5.19 Å². The smallest absolute Gasteiger partial charge is 0.120 e. The van der Waals surface area contributed by atoms with Crippen molar-refractivity contribution in [2.45, 2.75) is 77.4 Å². The van der Waals surface area contributed by atoms with Gasteiger partial charge in [-0.05, 0) is 52.0 Å². The van der Waals surface area contributed by atoms with Crippen molar-refractivity contribution in [2.24, 2.45) is 5.92 Å². The van der Waals surface area contributed by atoms with E-state index in [4.69, 9.17) is 4.42 Å². The number of hydrogen-bond acceptors (Lipinski definition) is 3. The summed E-state index contributed by atoms with van der Waals surface area (Å²) < 4.78 is 6.16. The molecule has 0 spiro atoms. The molecule has 52 heavy (non-hydrogen) atoms. The number of para-hydroxylation sites is 1. The molecular formula is C47H48IrN2OSi-2. The summed E-state index contributed by atoms with van der Waals surface area (Å²) in [4.78, 5) is 9.30. The fraction of sp³-hybridized carbons (Fsp3) is 0.277. The van der Waals surface area contributed by atoms with Crippen molar-refractivity contribution < 1.29 is 24.5 Å². The standard InChI is InChI=1S/C24H22NO.C23H26NSi.Ir/c1-2-7-17(8-3-1)15-18-13-14-25-22(16-18)21-11-6-10-20-19-9-4-5-12-23(19)26-24(20)21;1-23(2,19-9-7-6-8-10-19)20-13-11-18(12-14-20)22-16-15-21(17-24-22)25(3,4)5;/h4-6,9-10,12-14,16-17H,1-3,7-8,15H2;6-11,13-17H,1-5H3;/q2*-1;. The first-order chi connectivity index (χ1) is 24.7. The normalized spacial score (nSPS) is 13.7. The second-order valence-electron chi connectivity index (χ2n) is 15.6. The van der Waals surface area contributed by atoms with Crippen LogP contribution in [0.5, 0.6) is 0 Å². The molecule has 7 aromatic rings. The number of hydrogen-bond donors (Lipinski definition) is 0. The van der Waals surface area contributed by atoms with Gasteiger partial charge in [0.25, 0.3) is 0 Å². The van der Waals surface area contributed by atoms with E-state index in [0.717, 1.165) is 56.8 Å². The molecule has 1 aliphatic carbocycles. The summed E-state index contributed by atoms with van der Waals surface area (Å²) in [7, 11) is -1.30. The Bertz CT molecular complexity index is 2210. The van der Waals surface area contributed by atoms with E-state index < -0.39 is 8.07 Å². The van der Waals surface area contributed by atoms with Crippen molar-refractivity contribution in [3.8, 4) is 22.5 Å². The third-order valence-corrected chi connectivity index (χ3v) is 12.6. The van der Waals surface area contributed by atoms with E-state index in [1.807, 2.05) is 30.6 Å². The fourth-order valence-corrected chi connectivity index (χ4v) is 8.37. The van der Waals surface area contributed by atoms with Crippen LogP contribution in [0.4, 0.5) is 0 Å². The molecule has 0 atom stereocenters. The quantitative estimate of drug-likeness (QED) is 0.118. The summed E-state index contributed by atoms with van der Waals surface area (Å²) in [5.74, 6) is 0.824. The molecule has 0 amide bonds. The van der Waals surface area contributed by atoms with Gasteiger partial charge in [0.1, 0.15) is 5.58 Å². The SMILES string of the molecule is CC(C)(c1c[c-]c(-c2ccc([Si](C)(C)C)cn2)cc1)c1ccccc1.[Ir].[c-]1ccc2c(oc3ccccc32)c1-c1cc(CC2CCCCC2)ccn1. The molecule has 0 unspecified atom stereocenters. The predicted molar refractivity (Wildman–Crippen MR) is 216 cm³/mol. The van der Waals surface area contributed by atoms with Crippen LogP contribution in [0, 0.1) is 18.1 Å². The van der Waals surface area contributed by atoms with Crippen molar-refractivity contribution in [3.63, 3.8) is 0 Å². The summed E-state index contributed by atoms with van der Waals surface area (Å²) in [5.41, 5.74) is 9.69. The third-order valence-electron chi connectivity index (χ3n) is 10.6. The van der Waals surface area contributed by atoms with Gasteiger partial charge in [-0.2, -0.15) is 0 Å². The van der Waals surface area contributed by atoms with Crippen molar-refractivity contribution in [3.05, 3.63) is 150 Å². The van der Waals surface area contributed by atoms with E-state index in [9.17, 15) is 0 Å². The zero-order valence-corrected chi connectivity index (χ0v) is 34.4. The Morgan fingerprint density at radius 2 is 1.52 bits per heavy atom. The van der Waals surface area contributed by atoms with Gasteiger partial charge in [-0.15, -0.1) is 53.6 Å². The first-order valence-electron chi connectivity index (χ1n) is 18.5. The summed E-state index contributed by atoms with van der Waals surface area (Å²) in [6.45, 7) is 11.5. The van der Waals surface area contributed by atoms with Gasteiger partial charge in [-0.3, -0.25) is 0 Å². The number of nitrogens with zero attached hydrogens (tertiary/aromatic N) is 2. The first kappa shape index (κ1) is 37.6. The molecule has 1 saturated carbocycles. The molecule has 0 saturated heterocycles. The maximum atomic E-state index is 6.16. The minimum Gasteiger partial charge on any atom is -0.501 e. The number of rotatable bonds is 7. The van der Waals surface area contributed by atoms with E-state index in [-0.39, 0.29) is 25.5 Å². The molecule has 5 heteroatoms. The van der Waals surface area contributed by atoms with Crippen molar-refractivity contribution in [2.75, 3.05) is 0 Å². The Morgan fingerprint density at radius 3 is 2.23 bits per heavy atom. The summed E-state index contributed by atoms with van der Waals surface area (Å²) in [6, 6.07) is 44.9. The zero-order chi connectivity index (χ0) is 35.4. The van der Waals surface area contributed by atoms with Gasteiger partial charge in [0.05, 0.1) is 13.7 Å². The maximum absolute atomic E-state index is 6.16. The summed E-state index contributed by atoms with van der Waals surface area (Å²) in [5, 5.41) is 3.67. The molecule has 0 aliphatic heterocycles. The number of fused-ring (bicyclic) bond motifs is 3. The largest absolute Gasteiger partial charge is 0.501 e. The van der Waals surface area contributed by atoms with Gasteiger partial charge in [-0.25, -0.2) is 0 Å². The Morgan fingerprint density at radius 1 is 0.750 bits per heavy atom. The van der Waals surface area contributed by atoms with E-state index >= 15 is 0 Å². The van der Waals surface area contributed by atoms with Gasteiger partial charge in [0, 0.05) is 37.9 Å². The van der Waals surface area contributed by atoms with Crippen LogP contribution in [-0.2, 0) is 31.9 Å². The van der Waals surface area contributed by atoms with Crippen molar-refractivity contribution in [1.29, 1.82) is 0 Å². The summed E-state index contributed by atoms with van der Waals surface area (Å²) in [6.07, 6.45) is 12.0. The van der Waals surface area contributed by atoms with Crippen LogP contribution in [0.25, 0.3) is 44.5 Å². The van der Waals surface area contributed by atoms with Crippen LogP contribution in [0.3, 0.4) is 0 Å². The van der Waals surface area contributed by atoms with Gasteiger partial charge < -0.3 is 14.4 Å². The van der Waals surface area contributed by atoms with Gasteiger partial charge in [0.2, 0.25) is 0 Å². The molecular weight excluding hydrogens is 829 g/mol. The van der Waals surface area contributed by atoms with Crippen LogP contribution in [0.15, 0.2) is 126 Å². The summed E-state index contributed by atoms with van der Waals surface area (Å²) >= 11 is 0. The molecule has 0 N–H and O–H groups in total. The molecule has 0 bridgehead atoms. The van der Waals surface area contributed by atoms with Crippen LogP contribution >= 0.6 is 0 Å². The minimum atomic E-state index is -1.30. The van der Waals surface area contributed by atoms with Gasteiger partial charge in [-0.1, -0.05) is 149 Å². The number of benzene rings is 4. The molecule has 1 fully saturated rings. The van der Waals surface area contributed by atoms with Crippen LogP contribution in [-0.4, -0.2) is 18.0 Å². The third kappa shape index (κ3) is 8.39. The monoisotopic (exact) mass is 877 g/mol. The molecule has 4 aromatic carbocycles. The second-order valence-corrected chi connectivity index (χ2v) is 20.7. The molecule has 3 nitrogen and oxygen atoms in total. The van der Waals surface area contributed by atoms with E-state index in [1.54, 1.807) is 0 Å². The average molecular weight is 877 g/mol. The maximum Gasteiger partial charge on any atom is 0.120 e. The molecule has 1 radical (unpaired) electrons.